The maximum absolute atomic E-state index is 13.7. The van der Waals surface area contributed by atoms with E-state index >= 15 is 0 Å². The van der Waals surface area contributed by atoms with Crippen LogP contribution in [0.3, 0.4) is 0 Å². The second-order valence-electron chi connectivity index (χ2n) is 8.75. The van der Waals surface area contributed by atoms with Gasteiger partial charge in [-0.05, 0) is 35.6 Å². The fourth-order valence-corrected chi connectivity index (χ4v) is 4.56. The zero-order chi connectivity index (χ0) is 24.9. The van der Waals surface area contributed by atoms with E-state index in [1.165, 1.54) is 0 Å². The van der Waals surface area contributed by atoms with Crippen molar-refractivity contribution in [3.63, 3.8) is 0 Å². The summed E-state index contributed by atoms with van der Waals surface area (Å²) in [6, 6.07) is 27.3. The third kappa shape index (κ3) is 4.75. The Hall–Kier alpha value is -4.70. The molecule has 7 heteroatoms. The fraction of sp³-hybridized carbons (Fsp3) is 0.172. The maximum Gasteiger partial charge on any atom is 0.273 e. The molecule has 5 rings (SSSR count). The maximum atomic E-state index is 13.7. The van der Waals surface area contributed by atoms with Gasteiger partial charge in [0.05, 0.1) is 11.7 Å². The molecule has 4 aromatic rings. The summed E-state index contributed by atoms with van der Waals surface area (Å²) in [5, 5.41) is 14.2. The molecule has 0 radical (unpaired) electrons. The quantitative estimate of drug-likeness (QED) is 0.200. The minimum absolute atomic E-state index is 0.111. The van der Waals surface area contributed by atoms with Crippen molar-refractivity contribution in [2.75, 3.05) is 19.6 Å². The predicted molar refractivity (Wildman–Crippen MR) is 141 cm³/mol. The summed E-state index contributed by atoms with van der Waals surface area (Å²) >= 11 is 0. The minimum Gasteiger partial charge on any atom is -0.338 e. The molecule has 0 saturated carbocycles. The van der Waals surface area contributed by atoms with Crippen LogP contribution in [0.1, 0.15) is 27.7 Å². The van der Waals surface area contributed by atoms with E-state index in [-0.39, 0.29) is 11.9 Å². The number of aromatic nitrogens is 1. The van der Waals surface area contributed by atoms with Crippen LogP contribution in [0.4, 0.5) is 5.69 Å². The van der Waals surface area contributed by atoms with Crippen LogP contribution in [-0.2, 0) is 0 Å². The number of amides is 1. The second-order valence-corrected chi connectivity index (χ2v) is 8.75. The summed E-state index contributed by atoms with van der Waals surface area (Å²) in [6.07, 6.45) is 3.77. The molecule has 1 atom stereocenters. The van der Waals surface area contributed by atoms with Gasteiger partial charge in [0.1, 0.15) is 5.69 Å². The average Bonchev–Trinajstić information content (AvgIpc) is 2.93. The number of pyridine rings is 1. The van der Waals surface area contributed by atoms with Gasteiger partial charge in [0.25, 0.3) is 5.91 Å². The standard InChI is InChI=1S/C29H26N6O/c1-21-9-5-8-14-25(21)33-29(32-20-30)34-15-16-35(27(19-34)22-10-3-2-4-11-22)28(36)26-17-23-12-6-7-13-24(23)18-31-26/h2-14,17-18,27H,15-16,19H2,1H3,(H,32,33). The number of hydrogen-bond donors (Lipinski definition) is 1. The van der Waals surface area contributed by atoms with Crippen LogP contribution in [0.2, 0.25) is 0 Å². The van der Waals surface area contributed by atoms with Gasteiger partial charge in [0, 0.05) is 31.2 Å². The highest BCUT2D eigenvalue weighted by atomic mass is 16.2. The molecule has 36 heavy (non-hydrogen) atoms. The lowest BCUT2D eigenvalue weighted by atomic mass is 10.0. The molecule has 2 heterocycles. The number of para-hydroxylation sites is 1. The number of benzene rings is 3. The van der Waals surface area contributed by atoms with E-state index < -0.39 is 0 Å². The number of carbonyl (C=O) groups is 1. The van der Waals surface area contributed by atoms with E-state index in [9.17, 15) is 10.1 Å². The van der Waals surface area contributed by atoms with Gasteiger partial charge in [-0.2, -0.15) is 5.26 Å². The van der Waals surface area contributed by atoms with E-state index in [1.807, 2.05) is 108 Å². The lowest BCUT2D eigenvalue weighted by Gasteiger charge is -2.42. The van der Waals surface area contributed by atoms with Crippen molar-refractivity contribution in [2.24, 2.45) is 4.99 Å². The third-order valence-electron chi connectivity index (χ3n) is 6.48. The first-order valence-electron chi connectivity index (χ1n) is 11.9. The number of hydrogen-bond acceptors (Lipinski definition) is 4. The fourth-order valence-electron chi connectivity index (χ4n) is 4.56. The van der Waals surface area contributed by atoms with Crippen LogP contribution in [-0.4, -0.2) is 46.3 Å². The van der Waals surface area contributed by atoms with Crippen molar-refractivity contribution < 1.29 is 4.79 Å². The summed E-state index contributed by atoms with van der Waals surface area (Å²) in [5.74, 6) is 0.364. The Labute approximate surface area is 210 Å². The number of carbonyl (C=O) groups excluding carboxylic acids is 1. The number of rotatable bonds is 3. The first kappa shape index (κ1) is 23.1. The first-order chi connectivity index (χ1) is 17.6. The predicted octanol–water partition coefficient (Wildman–Crippen LogP) is 4.80. The summed E-state index contributed by atoms with van der Waals surface area (Å²) in [4.78, 5) is 26.9. The molecular formula is C29H26N6O. The Bertz CT molecular complexity index is 1460. The number of fused-ring (bicyclic) bond motifs is 1. The monoisotopic (exact) mass is 474 g/mol. The van der Waals surface area contributed by atoms with Crippen LogP contribution in [0.15, 0.2) is 96.1 Å². The number of aliphatic imine (C=N–C) groups is 1. The van der Waals surface area contributed by atoms with Crippen molar-refractivity contribution in [1.29, 1.82) is 5.26 Å². The lowest BCUT2D eigenvalue weighted by Crippen LogP contribution is -2.54. The van der Waals surface area contributed by atoms with Crippen LogP contribution in [0, 0.1) is 18.4 Å². The van der Waals surface area contributed by atoms with E-state index in [0.29, 0.717) is 31.3 Å². The molecule has 0 spiro atoms. The zero-order valence-corrected chi connectivity index (χ0v) is 20.0. The van der Waals surface area contributed by atoms with E-state index in [4.69, 9.17) is 4.99 Å². The van der Waals surface area contributed by atoms with Crippen LogP contribution >= 0.6 is 0 Å². The average molecular weight is 475 g/mol. The molecule has 1 aliphatic heterocycles. The highest BCUT2D eigenvalue weighted by Crippen LogP contribution is 2.28. The van der Waals surface area contributed by atoms with Crippen molar-refractivity contribution in [3.05, 3.63) is 108 Å². The van der Waals surface area contributed by atoms with Gasteiger partial charge in [-0.25, -0.2) is 4.99 Å². The molecule has 1 N–H and O–H groups in total. The summed E-state index contributed by atoms with van der Waals surface area (Å²) in [5.41, 5.74) is 3.26. The van der Waals surface area contributed by atoms with E-state index in [1.54, 1.807) is 6.20 Å². The Morgan fingerprint density at radius 3 is 2.50 bits per heavy atom. The number of nitriles is 1. The lowest BCUT2D eigenvalue weighted by molar-refractivity contribution is 0.0542. The van der Waals surface area contributed by atoms with Gasteiger partial charge < -0.3 is 9.80 Å². The number of aryl methyl sites for hydroxylation is 1. The molecule has 178 valence electrons. The number of guanidine groups is 1. The van der Waals surface area contributed by atoms with Gasteiger partial charge in [-0.3, -0.25) is 15.1 Å². The molecule has 3 aromatic carbocycles. The molecule has 1 aliphatic rings. The molecule has 1 amide bonds. The topological polar surface area (TPSA) is 84.6 Å². The highest BCUT2D eigenvalue weighted by Gasteiger charge is 2.34. The minimum atomic E-state index is -0.233. The smallest absolute Gasteiger partial charge is 0.273 e. The van der Waals surface area contributed by atoms with Crippen molar-refractivity contribution in [1.82, 2.24) is 20.1 Å². The Balaban J connectivity index is 1.48. The molecule has 1 aromatic heterocycles. The van der Waals surface area contributed by atoms with Crippen LogP contribution < -0.4 is 5.32 Å². The zero-order valence-electron chi connectivity index (χ0n) is 20.0. The summed E-state index contributed by atoms with van der Waals surface area (Å²) in [6.45, 7) is 3.47. The second kappa shape index (κ2) is 10.3. The molecule has 1 fully saturated rings. The molecule has 7 nitrogen and oxygen atoms in total. The van der Waals surface area contributed by atoms with Gasteiger partial charge >= 0.3 is 0 Å². The Morgan fingerprint density at radius 2 is 1.72 bits per heavy atom. The summed E-state index contributed by atoms with van der Waals surface area (Å²) in [7, 11) is 0. The van der Waals surface area contributed by atoms with Crippen molar-refractivity contribution in [3.8, 4) is 6.19 Å². The van der Waals surface area contributed by atoms with Crippen LogP contribution in [0.25, 0.3) is 10.8 Å². The first-order valence-corrected chi connectivity index (χ1v) is 11.9. The number of nitrogens with zero attached hydrogens (tertiary/aromatic N) is 5. The highest BCUT2D eigenvalue weighted by molar-refractivity contribution is 5.97. The van der Waals surface area contributed by atoms with Gasteiger partial charge in [-0.15, -0.1) is 0 Å². The van der Waals surface area contributed by atoms with E-state index in [2.05, 4.69) is 10.3 Å². The van der Waals surface area contributed by atoms with Gasteiger partial charge in [-0.1, -0.05) is 72.8 Å². The molecule has 0 aliphatic carbocycles. The largest absolute Gasteiger partial charge is 0.338 e. The molecule has 1 unspecified atom stereocenters. The van der Waals surface area contributed by atoms with Gasteiger partial charge in [0.15, 0.2) is 6.19 Å². The Kier molecular flexibility index (Phi) is 6.59. The molecule has 1 saturated heterocycles. The van der Waals surface area contributed by atoms with Crippen LogP contribution in [0.5, 0.6) is 0 Å². The van der Waals surface area contributed by atoms with E-state index in [0.717, 1.165) is 27.6 Å². The van der Waals surface area contributed by atoms with Gasteiger partial charge in [0.2, 0.25) is 5.96 Å². The third-order valence-corrected chi connectivity index (χ3v) is 6.48. The normalized spacial score (nSPS) is 16.0. The number of piperazine rings is 1. The summed E-state index contributed by atoms with van der Waals surface area (Å²) < 4.78 is 0. The molecular weight excluding hydrogens is 448 g/mol. The Morgan fingerprint density at radius 1 is 1.00 bits per heavy atom. The SMILES string of the molecule is Cc1ccccc1N=C(NC#N)N1CCN(C(=O)c2cc3ccccc3cn2)C(c2ccccc2)C1. The molecule has 0 bridgehead atoms. The van der Waals surface area contributed by atoms with Crippen molar-refractivity contribution in [2.45, 2.75) is 13.0 Å². The van der Waals surface area contributed by atoms with Crippen molar-refractivity contribution >= 4 is 28.3 Å². The number of nitrogens with one attached hydrogen (secondary N) is 1.